The maximum Gasteiger partial charge on any atom is 0.350 e. The van der Waals surface area contributed by atoms with E-state index in [2.05, 4.69) is 11.6 Å². The number of nitrogens with zero attached hydrogens (tertiary/aromatic N) is 2. The molecule has 1 unspecified atom stereocenters. The first-order valence-electron chi connectivity index (χ1n) is 5.50. The molecule has 5 N–H and O–H groups in total. The fourth-order valence-electron chi connectivity index (χ4n) is 1.47. The molecule has 0 aliphatic carbocycles. The summed E-state index contributed by atoms with van der Waals surface area (Å²) in [5.74, 6) is 0.0475. The van der Waals surface area contributed by atoms with Crippen LogP contribution in [0.4, 0.5) is 5.82 Å². The minimum atomic E-state index is -4.27. The van der Waals surface area contributed by atoms with Crippen LogP contribution in [0.5, 0.6) is 0 Å². The van der Waals surface area contributed by atoms with Gasteiger partial charge >= 0.3 is 13.3 Å². The van der Waals surface area contributed by atoms with E-state index < -0.39 is 32.3 Å². The highest BCUT2D eigenvalue weighted by molar-refractivity contribution is 7.51. The topological polar surface area (TPSA) is 148 Å². The third-order valence-electron chi connectivity index (χ3n) is 2.38. The second kappa shape index (κ2) is 6.78. The summed E-state index contributed by atoms with van der Waals surface area (Å²) in [6, 6.07) is 0.570. The van der Waals surface area contributed by atoms with Crippen LogP contribution in [0, 0.1) is 0 Å². The molecule has 0 fully saturated rings. The summed E-state index contributed by atoms with van der Waals surface area (Å²) in [7, 11) is -4.27. The molecule has 10 heteroatoms. The highest BCUT2D eigenvalue weighted by Gasteiger charge is 2.18. The van der Waals surface area contributed by atoms with Gasteiger partial charge in [0, 0.05) is 6.20 Å². The molecule has 1 aromatic heterocycles. The van der Waals surface area contributed by atoms with E-state index in [1.165, 1.54) is 12.3 Å². The predicted octanol–water partition coefficient (Wildman–Crippen LogP) is -0.933. The van der Waals surface area contributed by atoms with Crippen molar-refractivity contribution in [3.05, 3.63) is 34.9 Å². The summed E-state index contributed by atoms with van der Waals surface area (Å²) < 4.78 is 16.5. The Hall–Kier alpha value is -1.51. The zero-order valence-corrected chi connectivity index (χ0v) is 11.4. The lowest BCUT2D eigenvalue weighted by atomic mass is 10.1. The van der Waals surface area contributed by atoms with Crippen molar-refractivity contribution in [1.82, 2.24) is 9.55 Å². The molecule has 0 aliphatic heterocycles. The maximum atomic E-state index is 11.6. The second-order valence-electron chi connectivity index (χ2n) is 4.04. The van der Waals surface area contributed by atoms with E-state index in [9.17, 15) is 14.5 Å². The van der Waals surface area contributed by atoms with Crippen molar-refractivity contribution < 1.29 is 24.2 Å². The second-order valence-corrected chi connectivity index (χ2v) is 5.63. The van der Waals surface area contributed by atoms with Crippen LogP contribution in [0.1, 0.15) is 6.04 Å². The summed E-state index contributed by atoms with van der Waals surface area (Å²) in [5, 5.41) is 9.31. The summed E-state index contributed by atoms with van der Waals surface area (Å²) >= 11 is 0. The van der Waals surface area contributed by atoms with Gasteiger partial charge < -0.3 is 25.4 Å². The minimum absolute atomic E-state index is 0.0475. The van der Waals surface area contributed by atoms with Crippen molar-refractivity contribution in [1.29, 1.82) is 0 Å². The van der Waals surface area contributed by atoms with Crippen LogP contribution < -0.4 is 11.4 Å². The Morgan fingerprint density at radius 1 is 1.60 bits per heavy atom. The first-order chi connectivity index (χ1) is 9.24. The Balaban J connectivity index is 2.77. The number of nitrogens with two attached hydrogens (primary N) is 1. The van der Waals surface area contributed by atoms with Gasteiger partial charge in [-0.1, -0.05) is 6.58 Å². The van der Waals surface area contributed by atoms with Crippen molar-refractivity contribution in [2.75, 3.05) is 25.3 Å². The van der Waals surface area contributed by atoms with Gasteiger partial charge in [0.1, 0.15) is 12.2 Å². The molecule has 112 valence electrons. The highest BCUT2D eigenvalue weighted by atomic mass is 31.2. The van der Waals surface area contributed by atoms with E-state index in [4.69, 9.17) is 20.3 Å². The van der Waals surface area contributed by atoms with E-state index in [0.29, 0.717) is 0 Å². The van der Waals surface area contributed by atoms with Gasteiger partial charge in [0.05, 0.1) is 19.3 Å². The van der Waals surface area contributed by atoms with Gasteiger partial charge in [0.25, 0.3) is 0 Å². The largest absolute Gasteiger partial charge is 0.394 e. The Morgan fingerprint density at radius 2 is 2.25 bits per heavy atom. The van der Waals surface area contributed by atoms with Gasteiger partial charge in [-0.2, -0.15) is 4.98 Å². The average Bonchev–Trinajstić information content (AvgIpc) is 2.31. The molecule has 20 heavy (non-hydrogen) atoms. The number of ether oxygens (including phenoxy) is 1. The third-order valence-corrected chi connectivity index (χ3v) is 2.90. The van der Waals surface area contributed by atoms with Crippen molar-refractivity contribution in [2.45, 2.75) is 6.04 Å². The Labute approximate surface area is 114 Å². The van der Waals surface area contributed by atoms with Crippen LogP contribution in [0.15, 0.2) is 29.2 Å². The Kier molecular flexibility index (Phi) is 5.61. The van der Waals surface area contributed by atoms with Gasteiger partial charge in [-0.05, 0) is 11.6 Å². The van der Waals surface area contributed by atoms with Crippen molar-refractivity contribution in [2.24, 2.45) is 0 Å². The molecule has 1 heterocycles. The molecular weight excluding hydrogens is 289 g/mol. The fourth-order valence-corrected chi connectivity index (χ4v) is 1.80. The number of nitrogen functional groups attached to an aromatic ring is 1. The number of rotatable bonds is 7. The fraction of sp³-hybridized carbons (Fsp3) is 0.400. The zero-order valence-electron chi connectivity index (χ0n) is 10.5. The van der Waals surface area contributed by atoms with E-state index in [-0.39, 0.29) is 18.0 Å². The quantitative estimate of drug-likeness (QED) is 0.373. The molecule has 1 atom stereocenters. The number of anilines is 1. The van der Waals surface area contributed by atoms with E-state index in [1.807, 2.05) is 0 Å². The number of aliphatic hydroxyl groups is 1. The molecule has 9 nitrogen and oxygen atoms in total. The summed E-state index contributed by atoms with van der Waals surface area (Å²) in [4.78, 5) is 32.4. The molecule has 0 saturated carbocycles. The minimum Gasteiger partial charge on any atom is -0.394 e. The standard InChI is InChI=1S/C10H16N3O6P/c1-7(5-19-6-20(16,17)18)8(4-14)13-3-2-9(11)12-10(13)15/h2-3,8,14H,1,4-6H2,(H2,11,12,15)(H2,16,17,18). The smallest absolute Gasteiger partial charge is 0.350 e. The van der Waals surface area contributed by atoms with Crippen LogP contribution in [-0.2, 0) is 9.30 Å². The molecule has 0 aromatic carbocycles. The first kappa shape index (κ1) is 16.5. The van der Waals surface area contributed by atoms with E-state index in [0.717, 1.165) is 4.57 Å². The lowest BCUT2D eigenvalue weighted by molar-refractivity contribution is 0.162. The van der Waals surface area contributed by atoms with Crippen LogP contribution in [0.2, 0.25) is 0 Å². The highest BCUT2D eigenvalue weighted by Crippen LogP contribution is 2.34. The summed E-state index contributed by atoms with van der Waals surface area (Å²) in [6.07, 6.45) is 0.582. The molecule has 0 saturated heterocycles. The zero-order chi connectivity index (χ0) is 15.3. The summed E-state index contributed by atoms with van der Waals surface area (Å²) in [5.41, 5.74) is 4.96. The average molecular weight is 305 g/mol. The molecule has 0 spiro atoms. The molecule has 1 aromatic rings. The third kappa shape index (κ3) is 4.87. The maximum absolute atomic E-state index is 11.6. The molecule has 1 rings (SSSR count). The molecule has 0 bridgehead atoms. The van der Waals surface area contributed by atoms with Crippen molar-refractivity contribution in [3.8, 4) is 0 Å². The molecule has 0 radical (unpaired) electrons. The Bertz CT molecular complexity index is 581. The monoisotopic (exact) mass is 305 g/mol. The number of hydrogen-bond donors (Lipinski definition) is 4. The van der Waals surface area contributed by atoms with Crippen LogP contribution in [-0.4, -0.2) is 44.0 Å². The van der Waals surface area contributed by atoms with Gasteiger partial charge in [-0.3, -0.25) is 9.13 Å². The van der Waals surface area contributed by atoms with Gasteiger partial charge in [-0.25, -0.2) is 4.79 Å². The van der Waals surface area contributed by atoms with Gasteiger partial charge in [0.15, 0.2) is 0 Å². The SMILES string of the molecule is C=C(COCP(=O)(O)O)C(CO)n1ccc(N)nc1=O. The summed E-state index contributed by atoms with van der Waals surface area (Å²) in [6.45, 7) is 2.97. The molecular formula is C10H16N3O6P. The number of aromatic nitrogens is 2. The van der Waals surface area contributed by atoms with Gasteiger partial charge in [0.2, 0.25) is 0 Å². The first-order valence-corrected chi connectivity index (χ1v) is 7.30. The normalized spacial score (nSPS) is 13.2. The van der Waals surface area contributed by atoms with Crippen molar-refractivity contribution >= 4 is 13.4 Å². The van der Waals surface area contributed by atoms with Crippen molar-refractivity contribution in [3.63, 3.8) is 0 Å². The van der Waals surface area contributed by atoms with Crippen LogP contribution in [0.25, 0.3) is 0 Å². The lowest BCUT2D eigenvalue weighted by Crippen LogP contribution is -2.31. The lowest BCUT2D eigenvalue weighted by Gasteiger charge is -2.19. The van der Waals surface area contributed by atoms with Crippen LogP contribution in [0.3, 0.4) is 0 Å². The number of hydrogen-bond acceptors (Lipinski definition) is 6. The Morgan fingerprint density at radius 3 is 2.75 bits per heavy atom. The predicted molar refractivity (Wildman–Crippen MR) is 71.0 cm³/mol. The molecule has 0 aliphatic rings. The molecule has 0 amide bonds. The van der Waals surface area contributed by atoms with Crippen LogP contribution >= 0.6 is 7.60 Å². The van der Waals surface area contributed by atoms with E-state index >= 15 is 0 Å². The number of aliphatic hydroxyl groups excluding tert-OH is 1. The van der Waals surface area contributed by atoms with E-state index in [1.54, 1.807) is 0 Å². The van der Waals surface area contributed by atoms with Gasteiger partial charge in [-0.15, -0.1) is 0 Å².